The minimum atomic E-state index is -3.59. The molecule has 4 heteroatoms. The fourth-order valence-electron chi connectivity index (χ4n) is 3.96. The van der Waals surface area contributed by atoms with Crippen LogP contribution in [0.2, 0.25) is 0 Å². The van der Waals surface area contributed by atoms with E-state index in [0.717, 1.165) is 11.1 Å². The topological polar surface area (TPSA) is 47.3 Å². The molecule has 1 aliphatic carbocycles. The highest BCUT2D eigenvalue weighted by molar-refractivity contribution is 7.92. The number of hydrogen-bond acceptors (Lipinski definition) is 3. The molecule has 3 rings (SSSR count). The summed E-state index contributed by atoms with van der Waals surface area (Å²) in [7, 11) is -3.59. The van der Waals surface area contributed by atoms with Crippen LogP contribution in [0.1, 0.15) is 32.4 Å². The summed E-state index contributed by atoms with van der Waals surface area (Å²) in [6, 6.07) is 12.4. The van der Waals surface area contributed by atoms with Crippen molar-refractivity contribution in [2.75, 3.05) is 0 Å². The third-order valence-corrected chi connectivity index (χ3v) is 7.69. The van der Waals surface area contributed by atoms with Crippen molar-refractivity contribution in [2.24, 2.45) is 5.92 Å². The van der Waals surface area contributed by atoms with Gasteiger partial charge in [-0.3, -0.25) is 0 Å². The molecule has 132 valence electrons. The first-order chi connectivity index (χ1) is 11.9. The molecule has 0 aliphatic heterocycles. The summed E-state index contributed by atoms with van der Waals surface area (Å²) >= 11 is 0. The molecule has 1 aromatic heterocycles. The van der Waals surface area contributed by atoms with Gasteiger partial charge < -0.3 is 4.42 Å². The van der Waals surface area contributed by atoms with Crippen molar-refractivity contribution in [1.29, 1.82) is 0 Å². The van der Waals surface area contributed by atoms with Crippen LogP contribution in [0.25, 0.3) is 0 Å². The number of furan rings is 1. The standard InChI is InChI=1S/C21H24O3S/c1-16(2)20-12-11-17(3)14-21(20,15-18-8-7-13-24-18)25(22,23)19-9-5-4-6-10-19/h4-11,13,20H,1,12,14-15H2,2-3H3/t20-,21+/m0/s1. The average molecular weight is 356 g/mol. The van der Waals surface area contributed by atoms with Crippen LogP contribution in [0.4, 0.5) is 0 Å². The fourth-order valence-corrected chi connectivity index (χ4v) is 6.36. The Balaban J connectivity index is 2.21. The summed E-state index contributed by atoms with van der Waals surface area (Å²) in [6.07, 6.45) is 5.26. The van der Waals surface area contributed by atoms with E-state index in [2.05, 4.69) is 12.7 Å². The van der Waals surface area contributed by atoms with E-state index < -0.39 is 14.6 Å². The van der Waals surface area contributed by atoms with Gasteiger partial charge in [0.15, 0.2) is 9.84 Å². The fraction of sp³-hybridized carbons (Fsp3) is 0.333. The lowest BCUT2D eigenvalue weighted by Gasteiger charge is -2.43. The van der Waals surface area contributed by atoms with Gasteiger partial charge in [-0.2, -0.15) is 0 Å². The Bertz CT molecular complexity index is 876. The molecule has 0 saturated carbocycles. The molecule has 3 nitrogen and oxygen atoms in total. The second kappa shape index (κ2) is 6.68. The molecule has 1 aliphatic rings. The van der Waals surface area contributed by atoms with Crippen molar-refractivity contribution in [3.8, 4) is 0 Å². The molecule has 0 unspecified atom stereocenters. The third-order valence-electron chi connectivity index (χ3n) is 5.15. The summed E-state index contributed by atoms with van der Waals surface area (Å²) in [5.41, 5.74) is 2.00. The second-order valence-corrected chi connectivity index (χ2v) is 9.29. The smallest absolute Gasteiger partial charge is 0.185 e. The lowest BCUT2D eigenvalue weighted by Crippen LogP contribution is -2.49. The molecule has 0 fully saturated rings. The first-order valence-corrected chi connectivity index (χ1v) is 9.98. The molecule has 0 spiro atoms. The van der Waals surface area contributed by atoms with Crippen LogP contribution in [-0.2, 0) is 16.3 Å². The van der Waals surface area contributed by atoms with Gasteiger partial charge in [-0.05, 0) is 51.0 Å². The lowest BCUT2D eigenvalue weighted by atomic mass is 9.74. The normalized spacial score (nSPS) is 23.9. The van der Waals surface area contributed by atoms with Gasteiger partial charge in [0.25, 0.3) is 0 Å². The highest BCUT2D eigenvalue weighted by Gasteiger charge is 2.52. The van der Waals surface area contributed by atoms with Crippen LogP contribution >= 0.6 is 0 Å². The molecule has 0 radical (unpaired) electrons. The van der Waals surface area contributed by atoms with Crippen molar-refractivity contribution in [3.05, 3.63) is 78.3 Å². The van der Waals surface area contributed by atoms with Crippen LogP contribution in [0.5, 0.6) is 0 Å². The molecule has 1 aromatic carbocycles. The van der Waals surface area contributed by atoms with Crippen molar-refractivity contribution < 1.29 is 12.8 Å². The minimum Gasteiger partial charge on any atom is -0.469 e. The quantitative estimate of drug-likeness (QED) is 0.711. The van der Waals surface area contributed by atoms with Crippen LogP contribution in [-0.4, -0.2) is 13.2 Å². The highest BCUT2D eigenvalue weighted by Crippen LogP contribution is 2.47. The van der Waals surface area contributed by atoms with Crippen LogP contribution in [0, 0.1) is 5.92 Å². The SMILES string of the molecule is C=C(C)[C@@H]1CC=C(C)C[C@]1(Cc1ccco1)S(=O)(=O)c1ccccc1. The monoisotopic (exact) mass is 356 g/mol. The molecule has 1 heterocycles. The van der Waals surface area contributed by atoms with Gasteiger partial charge in [-0.25, -0.2) is 8.42 Å². The molecule has 0 saturated heterocycles. The predicted molar refractivity (Wildman–Crippen MR) is 100 cm³/mol. The van der Waals surface area contributed by atoms with Crippen molar-refractivity contribution >= 4 is 9.84 Å². The van der Waals surface area contributed by atoms with Crippen molar-refractivity contribution in [2.45, 2.75) is 42.8 Å². The van der Waals surface area contributed by atoms with Gasteiger partial charge in [0, 0.05) is 12.3 Å². The number of hydrogen-bond donors (Lipinski definition) is 0. The highest BCUT2D eigenvalue weighted by atomic mass is 32.2. The van der Waals surface area contributed by atoms with Crippen LogP contribution in [0.3, 0.4) is 0 Å². The van der Waals surface area contributed by atoms with Gasteiger partial charge in [-0.1, -0.05) is 42.0 Å². The molecule has 25 heavy (non-hydrogen) atoms. The van der Waals surface area contributed by atoms with Crippen LogP contribution in [0.15, 0.2) is 81.8 Å². The maximum Gasteiger partial charge on any atom is 0.185 e. The summed E-state index contributed by atoms with van der Waals surface area (Å²) in [4.78, 5) is 0.363. The summed E-state index contributed by atoms with van der Waals surface area (Å²) in [5.74, 6) is 0.548. The van der Waals surface area contributed by atoms with E-state index in [0.29, 0.717) is 29.9 Å². The molecule has 2 atom stereocenters. The predicted octanol–water partition coefficient (Wildman–Crippen LogP) is 4.97. The van der Waals surface area contributed by atoms with Gasteiger partial charge in [0.1, 0.15) is 5.76 Å². The van der Waals surface area contributed by atoms with Gasteiger partial charge in [0.05, 0.1) is 15.9 Å². The van der Waals surface area contributed by atoms with Gasteiger partial charge >= 0.3 is 0 Å². The van der Waals surface area contributed by atoms with Gasteiger partial charge in [0.2, 0.25) is 0 Å². The average Bonchev–Trinajstić information content (AvgIpc) is 3.08. The molecule has 2 aromatic rings. The minimum absolute atomic E-state index is 0.147. The van der Waals surface area contributed by atoms with E-state index in [4.69, 9.17) is 4.42 Å². The van der Waals surface area contributed by atoms with Gasteiger partial charge in [-0.15, -0.1) is 0 Å². The van der Waals surface area contributed by atoms with E-state index >= 15 is 0 Å². The van der Waals surface area contributed by atoms with Crippen molar-refractivity contribution in [3.63, 3.8) is 0 Å². The number of sulfone groups is 1. The Morgan fingerprint density at radius 3 is 2.56 bits per heavy atom. The van der Waals surface area contributed by atoms with Crippen LogP contribution < -0.4 is 0 Å². The Hall–Kier alpha value is -2.07. The first-order valence-electron chi connectivity index (χ1n) is 8.50. The maximum absolute atomic E-state index is 13.8. The van der Waals surface area contributed by atoms with E-state index in [9.17, 15) is 8.42 Å². The van der Waals surface area contributed by atoms with E-state index in [1.165, 1.54) is 0 Å². The summed E-state index contributed by atoms with van der Waals surface area (Å²) in [5, 5.41) is 0. The third kappa shape index (κ3) is 3.11. The second-order valence-electron chi connectivity index (χ2n) is 7.00. The molecular weight excluding hydrogens is 332 g/mol. The zero-order valence-corrected chi connectivity index (χ0v) is 15.6. The first kappa shape index (κ1) is 17.7. The maximum atomic E-state index is 13.8. The lowest BCUT2D eigenvalue weighted by molar-refractivity contribution is 0.347. The molecule has 0 N–H and O–H groups in total. The van der Waals surface area contributed by atoms with E-state index in [-0.39, 0.29) is 5.92 Å². The number of allylic oxidation sites excluding steroid dienone is 3. The largest absolute Gasteiger partial charge is 0.469 e. The van der Waals surface area contributed by atoms with E-state index in [1.54, 1.807) is 36.6 Å². The summed E-state index contributed by atoms with van der Waals surface area (Å²) < 4.78 is 32.1. The zero-order chi connectivity index (χ0) is 18.1. The van der Waals surface area contributed by atoms with E-state index in [1.807, 2.05) is 26.0 Å². The summed E-state index contributed by atoms with van der Waals surface area (Å²) in [6.45, 7) is 8.04. The Morgan fingerprint density at radius 2 is 1.96 bits per heavy atom. The van der Waals surface area contributed by atoms with Crippen molar-refractivity contribution in [1.82, 2.24) is 0 Å². The molecule has 0 bridgehead atoms. The Labute approximate surface area is 150 Å². The molecule has 0 amide bonds. The molecular formula is C21H24O3S. The Morgan fingerprint density at radius 1 is 1.24 bits per heavy atom. The zero-order valence-electron chi connectivity index (χ0n) is 14.7. The Kier molecular flexibility index (Phi) is 4.74. The number of benzene rings is 1. The number of rotatable bonds is 5.